The van der Waals surface area contributed by atoms with Crippen LogP contribution < -0.4 is 5.32 Å². The summed E-state index contributed by atoms with van der Waals surface area (Å²) in [6, 6.07) is 5.60. The monoisotopic (exact) mass is 304 g/mol. The van der Waals surface area contributed by atoms with Crippen molar-refractivity contribution in [3.05, 3.63) is 56.9 Å². The second-order valence-corrected chi connectivity index (χ2v) is 6.11. The molecule has 0 bridgehead atoms. The lowest BCUT2D eigenvalue weighted by molar-refractivity contribution is 0.0931. The lowest BCUT2D eigenvalue weighted by atomic mass is 10.2. The normalized spacial score (nSPS) is 12.2. The molecule has 20 heavy (non-hydrogen) atoms. The fraction of sp³-hybridized carbons (Fsp3) is 0.154. The van der Waals surface area contributed by atoms with Crippen LogP contribution in [0.2, 0.25) is 0 Å². The zero-order valence-electron chi connectivity index (χ0n) is 10.4. The summed E-state index contributed by atoms with van der Waals surface area (Å²) in [6.07, 6.45) is 4.06. The molecule has 0 radical (unpaired) electrons. The molecule has 0 aliphatic carbocycles. The second-order valence-electron chi connectivity index (χ2n) is 4.15. The molecule has 0 unspecified atom stereocenters. The third-order valence-corrected chi connectivity index (χ3v) is 4.57. The van der Waals surface area contributed by atoms with E-state index in [1.54, 1.807) is 41.1 Å². The van der Waals surface area contributed by atoms with Gasteiger partial charge in [-0.05, 0) is 17.5 Å². The maximum Gasteiger partial charge on any atom is 0.269 e. The molecule has 3 aromatic heterocycles. The van der Waals surface area contributed by atoms with Crippen molar-refractivity contribution in [1.29, 1.82) is 0 Å². The first-order chi connectivity index (χ1) is 9.83. The zero-order chi connectivity index (χ0) is 13.8. The SMILES string of the molecule is O=C(N[C@H](Cc1cccs1)c1nccs1)c1ccn[nH]1. The molecule has 0 saturated heterocycles. The van der Waals surface area contributed by atoms with Gasteiger partial charge in [-0.1, -0.05) is 6.07 Å². The Hall–Kier alpha value is -1.99. The topological polar surface area (TPSA) is 70.7 Å². The Balaban J connectivity index is 1.77. The average Bonchev–Trinajstić information content (AvgIpc) is 3.20. The zero-order valence-corrected chi connectivity index (χ0v) is 12.1. The van der Waals surface area contributed by atoms with Crippen molar-refractivity contribution in [2.75, 3.05) is 0 Å². The highest BCUT2D eigenvalue weighted by Crippen LogP contribution is 2.23. The molecule has 0 aliphatic heterocycles. The van der Waals surface area contributed by atoms with E-state index in [1.807, 2.05) is 16.8 Å². The van der Waals surface area contributed by atoms with Gasteiger partial charge in [-0.15, -0.1) is 22.7 Å². The molecule has 3 heterocycles. The summed E-state index contributed by atoms with van der Waals surface area (Å²) < 4.78 is 0. The molecule has 3 rings (SSSR count). The predicted molar refractivity (Wildman–Crippen MR) is 78.9 cm³/mol. The summed E-state index contributed by atoms with van der Waals surface area (Å²) in [5.41, 5.74) is 0.456. The number of amides is 1. The molecule has 7 heteroatoms. The third-order valence-electron chi connectivity index (χ3n) is 2.79. The largest absolute Gasteiger partial charge is 0.341 e. The number of carbonyl (C=O) groups is 1. The van der Waals surface area contributed by atoms with Gasteiger partial charge in [0.1, 0.15) is 10.7 Å². The minimum atomic E-state index is -0.167. The number of aromatic nitrogens is 3. The van der Waals surface area contributed by atoms with Crippen LogP contribution in [0.4, 0.5) is 0 Å². The van der Waals surface area contributed by atoms with Gasteiger partial charge >= 0.3 is 0 Å². The molecule has 1 amide bonds. The van der Waals surface area contributed by atoms with Gasteiger partial charge in [0, 0.05) is 29.1 Å². The number of carbonyl (C=O) groups excluding carboxylic acids is 1. The minimum Gasteiger partial charge on any atom is -0.341 e. The number of thiazole rings is 1. The lowest BCUT2D eigenvalue weighted by Gasteiger charge is -2.15. The average molecular weight is 304 g/mol. The standard InChI is InChI=1S/C13H12N4OS2/c18-12(10-3-4-15-17-10)16-11(13-14-5-7-20-13)8-9-2-1-6-19-9/h1-7,11H,8H2,(H,15,17)(H,16,18)/t11-/m1/s1. The van der Waals surface area contributed by atoms with E-state index in [1.165, 1.54) is 4.88 Å². The van der Waals surface area contributed by atoms with Crippen LogP contribution in [0.25, 0.3) is 0 Å². The summed E-state index contributed by atoms with van der Waals surface area (Å²) in [5, 5.41) is 14.3. The van der Waals surface area contributed by atoms with Crippen molar-refractivity contribution < 1.29 is 4.79 Å². The van der Waals surface area contributed by atoms with E-state index in [4.69, 9.17) is 0 Å². The quantitative estimate of drug-likeness (QED) is 0.761. The molecule has 0 fully saturated rings. The number of nitrogens with zero attached hydrogens (tertiary/aromatic N) is 2. The van der Waals surface area contributed by atoms with Gasteiger partial charge in [0.2, 0.25) is 0 Å². The van der Waals surface area contributed by atoms with Crippen molar-refractivity contribution in [1.82, 2.24) is 20.5 Å². The number of nitrogens with one attached hydrogen (secondary N) is 2. The van der Waals surface area contributed by atoms with Crippen molar-refractivity contribution in [2.45, 2.75) is 12.5 Å². The Morgan fingerprint density at radius 3 is 2.90 bits per heavy atom. The maximum absolute atomic E-state index is 12.1. The van der Waals surface area contributed by atoms with Crippen LogP contribution in [0.5, 0.6) is 0 Å². The molecular formula is C13H12N4OS2. The van der Waals surface area contributed by atoms with E-state index in [-0.39, 0.29) is 11.9 Å². The number of rotatable bonds is 5. The van der Waals surface area contributed by atoms with Gasteiger partial charge in [0.05, 0.1) is 6.04 Å². The molecule has 102 valence electrons. The fourth-order valence-electron chi connectivity index (χ4n) is 1.85. The first kappa shape index (κ1) is 13.0. The molecule has 1 atom stereocenters. The summed E-state index contributed by atoms with van der Waals surface area (Å²) in [7, 11) is 0. The highest BCUT2D eigenvalue weighted by atomic mass is 32.1. The molecule has 0 aliphatic rings. The molecule has 5 nitrogen and oxygen atoms in total. The van der Waals surface area contributed by atoms with Crippen molar-refractivity contribution >= 4 is 28.6 Å². The molecular weight excluding hydrogens is 292 g/mol. The van der Waals surface area contributed by atoms with E-state index in [2.05, 4.69) is 26.6 Å². The van der Waals surface area contributed by atoms with Gasteiger partial charge in [-0.2, -0.15) is 5.10 Å². The minimum absolute atomic E-state index is 0.121. The number of hydrogen-bond donors (Lipinski definition) is 2. The Kier molecular flexibility index (Phi) is 3.89. The summed E-state index contributed by atoms with van der Waals surface area (Å²) in [5.74, 6) is -0.167. The summed E-state index contributed by atoms with van der Waals surface area (Å²) in [6.45, 7) is 0. The highest BCUT2D eigenvalue weighted by Gasteiger charge is 2.19. The van der Waals surface area contributed by atoms with Gasteiger partial charge < -0.3 is 5.32 Å². The third kappa shape index (κ3) is 2.94. The predicted octanol–water partition coefficient (Wildman–Crippen LogP) is 2.64. The summed E-state index contributed by atoms with van der Waals surface area (Å²) in [4.78, 5) is 17.7. The Bertz CT molecular complexity index is 647. The van der Waals surface area contributed by atoms with Crippen LogP contribution in [0.3, 0.4) is 0 Å². The van der Waals surface area contributed by atoms with E-state index in [0.29, 0.717) is 5.69 Å². The molecule has 0 spiro atoms. The van der Waals surface area contributed by atoms with Gasteiger partial charge in [-0.3, -0.25) is 9.89 Å². The number of hydrogen-bond acceptors (Lipinski definition) is 5. The first-order valence-electron chi connectivity index (χ1n) is 6.05. The number of H-pyrrole nitrogens is 1. The maximum atomic E-state index is 12.1. The van der Waals surface area contributed by atoms with Gasteiger partial charge in [0.15, 0.2) is 0 Å². The van der Waals surface area contributed by atoms with E-state index < -0.39 is 0 Å². The summed E-state index contributed by atoms with van der Waals surface area (Å²) >= 11 is 3.22. The Morgan fingerprint density at radius 2 is 2.25 bits per heavy atom. The van der Waals surface area contributed by atoms with Gasteiger partial charge in [0.25, 0.3) is 5.91 Å². The van der Waals surface area contributed by atoms with E-state index >= 15 is 0 Å². The second kappa shape index (κ2) is 5.98. The van der Waals surface area contributed by atoms with Crippen LogP contribution in [-0.4, -0.2) is 21.1 Å². The van der Waals surface area contributed by atoms with Crippen molar-refractivity contribution in [3.63, 3.8) is 0 Å². The fourth-order valence-corrected chi connectivity index (χ4v) is 3.30. The van der Waals surface area contributed by atoms with E-state index in [9.17, 15) is 4.79 Å². The van der Waals surface area contributed by atoms with Crippen molar-refractivity contribution in [3.8, 4) is 0 Å². The molecule has 3 aromatic rings. The smallest absolute Gasteiger partial charge is 0.269 e. The first-order valence-corrected chi connectivity index (χ1v) is 7.81. The number of thiophene rings is 1. The Morgan fingerprint density at radius 1 is 1.30 bits per heavy atom. The highest BCUT2D eigenvalue weighted by molar-refractivity contribution is 7.10. The molecule has 0 aromatic carbocycles. The Labute approximate surface area is 123 Å². The van der Waals surface area contributed by atoms with Crippen LogP contribution in [0.1, 0.15) is 26.4 Å². The lowest BCUT2D eigenvalue weighted by Crippen LogP contribution is -2.30. The van der Waals surface area contributed by atoms with E-state index in [0.717, 1.165) is 11.4 Å². The number of aromatic amines is 1. The van der Waals surface area contributed by atoms with Crippen LogP contribution >= 0.6 is 22.7 Å². The van der Waals surface area contributed by atoms with Crippen LogP contribution in [0.15, 0.2) is 41.4 Å². The van der Waals surface area contributed by atoms with Crippen LogP contribution in [0, 0.1) is 0 Å². The molecule has 2 N–H and O–H groups in total. The van der Waals surface area contributed by atoms with Crippen LogP contribution in [-0.2, 0) is 6.42 Å². The molecule has 0 saturated carbocycles. The van der Waals surface area contributed by atoms with Crippen molar-refractivity contribution in [2.24, 2.45) is 0 Å². The van der Waals surface area contributed by atoms with Gasteiger partial charge in [-0.25, -0.2) is 4.98 Å².